The number of halogens is 1. The van der Waals surface area contributed by atoms with Crippen molar-refractivity contribution in [1.82, 2.24) is 9.88 Å². The monoisotopic (exact) mass is 320 g/mol. The molecule has 0 aliphatic carbocycles. The van der Waals surface area contributed by atoms with Crippen LogP contribution in [0.2, 0.25) is 0 Å². The zero-order valence-corrected chi connectivity index (χ0v) is 13.3. The molecule has 0 spiro atoms. The Hall–Kier alpha value is -0.800. The molecule has 2 aromatic rings. The van der Waals surface area contributed by atoms with Gasteiger partial charge in [-0.05, 0) is 54.9 Å². The van der Waals surface area contributed by atoms with E-state index < -0.39 is 0 Å². The van der Waals surface area contributed by atoms with E-state index >= 15 is 0 Å². The number of aromatic nitrogens is 1. The van der Waals surface area contributed by atoms with E-state index in [1.54, 1.807) is 0 Å². The van der Waals surface area contributed by atoms with Crippen molar-refractivity contribution < 1.29 is 0 Å². The second kappa shape index (κ2) is 4.95. The maximum Gasteiger partial charge on any atom is 0.0467 e. The fourth-order valence-corrected chi connectivity index (χ4v) is 3.16. The molecule has 2 heterocycles. The number of nitrogens with one attached hydrogen (secondary N) is 1. The van der Waals surface area contributed by atoms with Crippen molar-refractivity contribution in [3.8, 4) is 0 Å². The quantitative estimate of drug-likeness (QED) is 0.859. The second-order valence-corrected chi connectivity index (χ2v) is 7.38. The molecule has 1 N–H and O–H groups in total. The van der Waals surface area contributed by atoms with Crippen LogP contribution in [0.4, 0.5) is 0 Å². The first kappa shape index (κ1) is 13.2. The normalized spacial score (nSPS) is 19.9. The Morgan fingerprint density at radius 3 is 2.68 bits per heavy atom. The molecule has 2 nitrogen and oxygen atoms in total. The Kier molecular flexibility index (Phi) is 3.44. The van der Waals surface area contributed by atoms with Crippen molar-refractivity contribution in [3.63, 3.8) is 0 Å². The highest BCUT2D eigenvalue weighted by molar-refractivity contribution is 9.10. The van der Waals surface area contributed by atoms with Crippen molar-refractivity contribution in [2.45, 2.75) is 33.2 Å². The van der Waals surface area contributed by atoms with Crippen LogP contribution in [0, 0.1) is 5.41 Å². The van der Waals surface area contributed by atoms with Crippen molar-refractivity contribution in [2.75, 3.05) is 13.1 Å². The predicted molar refractivity (Wildman–Crippen MR) is 84.3 cm³/mol. The van der Waals surface area contributed by atoms with Crippen LogP contribution < -0.4 is 0 Å². The van der Waals surface area contributed by atoms with Gasteiger partial charge in [0.2, 0.25) is 0 Å². The molecule has 1 saturated heterocycles. The third kappa shape index (κ3) is 3.03. The van der Waals surface area contributed by atoms with Gasteiger partial charge in [0.25, 0.3) is 0 Å². The Labute approximate surface area is 123 Å². The molecule has 3 rings (SSSR count). The number of rotatable bonds is 2. The van der Waals surface area contributed by atoms with Crippen molar-refractivity contribution in [2.24, 2.45) is 5.41 Å². The zero-order chi connectivity index (χ0) is 13.5. The van der Waals surface area contributed by atoms with Gasteiger partial charge in [-0.3, -0.25) is 4.90 Å². The van der Waals surface area contributed by atoms with Crippen LogP contribution >= 0.6 is 15.9 Å². The van der Waals surface area contributed by atoms with E-state index in [4.69, 9.17) is 0 Å². The summed E-state index contributed by atoms with van der Waals surface area (Å²) < 4.78 is 1.13. The number of H-pyrrole nitrogens is 1. The van der Waals surface area contributed by atoms with Crippen LogP contribution in [-0.2, 0) is 6.54 Å². The molecule has 1 aliphatic rings. The average molecular weight is 321 g/mol. The molecule has 0 amide bonds. The zero-order valence-electron chi connectivity index (χ0n) is 11.7. The van der Waals surface area contributed by atoms with Gasteiger partial charge in [-0.2, -0.15) is 0 Å². The highest BCUT2D eigenvalue weighted by Gasteiger charge is 2.25. The van der Waals surface area contributed by atoms with Gasteiger partial charge in [-0.25, -0.2) is 0 Å². The summed E-state index contributed by atoms with van der Waals surface area (Å²) in [6.07, 6.45) is 2.61. The lowest BCUT2D eigenvalue weighted by molar-refractivity contribution is 0.126. The van der Waals surface area contributed by atoms with E-state index in [9.17, 15) is 0 Å². The van der Waals surface area contributed by atoms with Gasteiger partial charge in [0.15, 0.2) is 0 Å². The Bertz CT molecular complexity index is 575. The van der Waals surface area contributed by atoms with E-state index in [-0.39, 0.29) is 0 Å². The van der Waals surface area contributed by atoms with Gasteiger partial charge >= 0.3 is 0 Å². The van der Waals surface area contributed by atoms with Crippen LogP contribution in [0.5, 0.6) is 0 Å². The molecule has 1 aliphatic heterocycles. The minimum absolute atomic E-state index is 0.530. The maximum absolute atomic E-state index is 3.53. The third-order valence-electron chi connectivity index (χ3n) is 4.24. The molecule has 0 bridgehead atoms. The first-order valence-electron chi connectivity index (χ1n) is 7.01. The third-order valence-corrected chi connectivity index (χ3v) is 4.74. The molecule has 3 heteroatoms. The molecule has 0 saturated carbocycles. The van der Waals surface area contributed by atoms with Crippen molar-refractivity contribution in [3.05, 3.63) is 34.4 Å². The van der Waals surface area contributed by atoms with Gasteiger partial charge < -0.3 is 4.98 Å². The first-order valence-corrected chi connectivity index (χ1v) is 7.81. The molecule has 1 aromatic heterocycles. The SMILES string of the molecule is CC1(C)CCN(Cc2cc3ccc(Br)cc3[nH]2)CC1. The number of aromatic amines is 1. The van der Waals surface area contributed by atoms with Crippen LogP contribution in [0.1, 0.15) is 32.4 Å². The lowest BCUT2D eigenvalue weighted by Gasteiger charge is -2.36. The van der Waals surface area contributed by atoms with Crippen LogP contribution in [-0.4, -0.2) is 23.0 Å². The molecule has 102 valence electrons. The Balaban J connectivity index is 1.72. The topological polar surface area (TPSA) is 19.0 Å². The van der Waals surface area contributed by atoms with E-state index in [1.807, 2.05) is 0 Å². The summed E-state index contributed by atoms with van der Waals surface area (Å²) in [7, 11) is 0. The largest absolute Gasteiger partial charge is 0.357 e. The van der Waals surface area contributed by atoms with E-state index in [0.29, 0.717) is 5.41 Å². The molecular weight excluding hydrogens is 300 g/mol. The van der Waals surface area contributed by atoms with Gasteiger partial charge in [0.05, 0.1) is 0 Å². The lowest BCUT2D eigenvalue weighted by Crippen LogP contribution is -2.36. The van der Waals surface area contributed by atoms with Crippen LogP contribution in [0.15, 0.2) is 28.7 Å². The van der Waals surface area contributed by atoms with Gasteiger partial charge in [-0.1, -0.05) is 35.8 Å². The summed E-state index contributed by atoms with van der Waals surface area (Å²) in [5, 5.41) is 1.30. The number of hydrogen-bond acceptors (Lipinski definition) is 1. The van der Waals surface area contributed by atoms with Gasteiger partial charge in [-0.15, -0.1) is 0 Å². The molecule has 1 aromatic carbocycles. The van der Waals surface area contributed by atoms with E-state index in [2.05, 4.69) is 63.9 Å². The number of hydrogen-bond donors (Lipinski definition) is 1. The van der Waals surface area contributed by atoms with E-state index in [1.165, 1.54) is 42.5 Å². The molecule has 1 fully saturated rings. The fourth-order valence-electron chi connectivity index (χ4n) is 2.80. The Morgan fingerprint density at radius 2 is 1.95 bits per heavy atom. The molecule has 0 unspecified atom stereocenters. The summed E-state index contributed by atoms with van der Waals surface area (Å²) in [4.78, 5) is 6.09. The summed E-state index contributed by atoms with van der Waals surface area (Å²) in [5.74, 6) is 0. The Morgan fingerprint density at radius 1 is 1.21 bits per heavy atom. The smallest absolute Gasteiger partial charge is 0.0467 e. The number of likely N-dealkylation sites (tertiary alicyclic amines) is 1. The van der Waals surface area contributed by atoms with E-state index in [0.717, 1.165) is 11.0 Å². The average Bonchev–Trinajstić information content (AvgIpc) is 2.73. The molecule has 0 atom stereocenters. The van der Waals surface area contributed by atoms with Gasteiger partial charge in [0, 0.05) is 22.2 Å². The van der Waals surface area contributed by atoms with Crippen LogP contribution in [0.3, 0.4) is 0 Å². The summed E-state index contributed by atoms with van der Waals surface area (Å²) in [6.45, 7) is 8.23. The molecule has 0 radical (unpaired) electrons. The summed E-state index contributed by atoms with van der Waals surface area (Å²) >= 11 is 3.52. The molecular formula is C16H21BrN2. The summed E-state index contributed by atoms with van der Waals surface area (Å²) in [5.41, 5.74) is 3.08. The maximum atomic E-state index is 3.53. The first-order chi connectivity index (χ1) is 9.02. The number of piperidine rings is 1. The second-order valence-electron chi connectivity index (χ2n) is 6.47. The minimum atomic E-state index is 0.530. The van der Waals surface area contributed by atoms with Crippen molar-refractivity contribution in [1.29, 1.82) is 0 Å². The highest BCUT2D eigenvalue weighted by Crippen LogP contribution is 2.30. The molecule has 19 heavy (non-hydrogen) atoms. The highest BCUT2D eigenvalue weighted by atomic mass is 79.9. The number of benzene rings is 1. The minimum Gasteiger partial charge on any atom is -0.357 e. The lowest BCUT2D eigenvalue weighted by atomic mass is 9.83. The number of nitrogens with zero attached hydrogens (tertiary/aromatic N) is 1. The van der Waals surface area contributed by atoms with Crippen LogP contribution in [0.25, 0.3) is 10.9 Å². The summed E-state index contributed by atoms with van der Waals surface area (Å²) in [6, 6.07) is 8.70. The van der Waals surface area contributed by atoms with Crippen molar-refractivity contribution >= 4 is 26.8 Å². The number of fused-ring (bicyclic) bond motifs is 1. The predicted octanol–water partition coefficient (Wildman–Crippen LogP) is 4.55. The standard InChI is InChI=1S/C16H21BrN2/c1-16(2)5-7-19(8-6-16)11-14-9-12-3-4-13(17)10-15(12)18-14/h3-4,9-10,18H,5-8,11H2,1-2H3. The van der Waals surface area contributed by atoms with Gasteiger partial charge in [0.1, 0.15) is 0 Å². The fraction of sp³-hybridized carbons (Fsp3) is 0.500.